The highest BCUT2D eigenvalue weighted by atomic mass is 15.5. The number of benzene rings is 1. The second-order valence-corrected chi connectivity index (χ2v) is 5.04. The van der Waals surface area contributed by atoms with Gasteiger partial charge in [0.25, 0.3) is 0 Å². The fourth-order valence-corrected chi connectivity index (χ4v) is 1.86. The van der Waals surface area contributed by atoms with Crippen LogP contribution in [0, 0.1) is 6.92 Å². The van der Waals surface area contributed by atoms with Gasteiger partial charge in [0.15, 0.2) is 0 Å². The van der Waals surface area contributed by atoms with Crippen molar-refractivity contribution in [2.24, 2.45) is 0 Å². The van der Waals surface area contributed by atoms with Gasteiger partial charge in [-0.25, -0.2) is 0 Å². The average molecular weight is 215 g/mol. The Kier molecular flexibility index (Phi) is 2.54. The monoisotopic (exact) mass is 215 g/mol. The van der Waals surface area contributed by atoms with E-state index in [1.807, 2.05) is 0 Å². The summed E-state index contributed by atoms with van der Waals surface area (Å²) < 4.78 is 0. The maximum absolute atomic E-state index is 4.23. The minimum absolute atomic E-state index is 0.0922. The molecular weight excluding hydrogens is 198 g/mol. The molecule has 0 fully saturated rings. The standard InChI is InChI=1S/C13H17N3/c1-10-6-5-7-11(13(2,3)4)12(10)16-14-8-9-15-16/h5-9H,1-4H3. The third-order valence-corrected chi connectivity index (χ3v) is 2.66. The highest BCUT2D eigenvalue weighted by Crippen LogP contribution is 2.29. The number of hydrogen-bond acceptors (Lipinski definition) is 2. The number of para-hydroxylation sites is 1. The Labute approximate surface area is 96.1 Å². The third-order valence-electron chi connectivity index (χ3n) is 2.66. The summed E-state index contributed by atoms with van der Waals surface area (Å²) in [6.07, 6.45) is 3.41. The minimum Gasteiger partial charge on any atom is -0.157 e. The number of nitrogens with zero attached hydrogens (tertiary/aromatic N) is 3. The molecule has 2 aromatic rings. The molecule has 16 heavy (non-hydrogen) atoms. The summed E-state index contributed by atoms with van der Waals surface area (Å²) in [5.41, 5.74) is 3.65. The van der Waals surface area contributed by atoms with Gasteiger partial charge in [-0.05, 0) is 23.5 Å². The summed E-state index contributed by atoms with van der Waals surface area (Å²) in [6, 6.07) is 6.32. The number of hydrogen-bond donors (Lipinski definition) is 0. The van der Waals surface area contributed by atoms with Crippen molar-refractivity contribution < 1.29 is 0 Å². The van der Waals surface area contributed by atoms with Crippen molar-refractivity contribution in [3.63, 3.8) is 0 Å². The second kappa shape index (κ2) is 3.74. The van der Waals surface area contributed by atoms with Crippen LogP contribution >= 0.6 is 0 Å². The maximum Gasteiger partial charge on any atom is 0.0922 e. The highest BCUT2D eigenvalue weighted by Gasteiger charge is 2.20. The van der Waals surface area contributed by atoms with Gasteiger partial charge in [0.05, 0.1) is 18.1 Å². The Balaban J connectivity index is 2.68. The molecule has 0 amide bonds. The van der Waals surface area contributed by atoms with Gasteiger partial charge in [0.1, 0.15) is 0 Å². The first-order chi connectivity index (χ1) is 7.50. The van der Waals surface area contributed by atoms with E-state index in [1.54, 1.807) is 17.2 Å². The van der Waals surface area contributed by atoms with Crippen LogP contribution in [0.15, 0.2) is 30.6 Å². The van der Waals surface area contributed by atoms with Gasteiger partial charge in [-0.3, -0.25) is 0 Å². The first-order valence-corrected chi connectivity index (χ1v) is 5.47. The Bertz CT molecular complexity index is 478. The molecule has 0 saturated heterocycles. The van der Waals surface area contributed by atoms with Crippen molar-refractivity contribution in [1.29, 1.82) is 0 Å². The largest absolute Gasteiger partial charge is 0.157 e. The van der Waals surface area contributed by atoms with Crippen LogP contribution in [-0.2, 0) is 5.41 Å². The van der Waals surface area contributed by atoms with E-state index in [0.717, 1.165) is 5.69 Å². The van der Waals surface area contributed by atoms with Crippen LogP contribution in [0.4, 0.5) is 0 Å². The molecule has 84 valence electrons. The normalized spacial score (nSPS) is 11.8. The number of aryl methyl sites for hydroxylation is 1. The first-order valence-electron chi connectivity index (χ1n) is 5.47. The van der Waals surface area contributed by atoms with Gasteiger partial charge in [-0.2, -0.15) is 15.0 Å². The summed E-state index contributed by atoms with van der Waals surface area (Å²) in [7, 11) is 0. The van der Waals surface area contributed by atoms with Crippen LogP contribution in [-0.4, -0.2) is 15.0 Å². The van der Waals surface area contributed by atoms with E-state index in [1.165, 1.54) is 11.1 Å². The lowest BCUT2D eigenvalue weighted by atomic mass is 9.85. The minimum atomic E-state index is 0.0922. The molecule has 0 saturated carbocycles. The third kappa shape index (κ3) is 1.85. The molecule has 1 aromatic carbocycles. The van der Waals surface area contributed by atoms with Crippen molar-refractivity contribution >= 4 is 0 Å². The molecule has 0 unspecified atom stereocenters. The Morgan fingerprint density at radius 3 is 2.25 bits per heavy atom. The quantitative estimate of drug-likeness (QED) is 0.732. The molecule has 2 rings (SSSR count). The Hall–Kier alpha value is -1.64. The van der Waals surface area contributed by atoms with E-state index in [-0.39, 0.29) is 5.41 Å². The molecule has 0 radical (unpaired) electrons. The highest BCUT2D eigenvalue weighted by molar-refractivity contribution is 5.49. The van der Waals surface area contributed by atoms with Crippen molar-refractivity contribution in [2.75, 3.05) is 0 Å². The zero-order chi connectivity index (χ0) is 11.8. The molecular formula is C13H17N3. The number of rotatable bonds is 1. The summed E-state index contributed by atoms with van der Waals surface area (Å²) in [5, 5.41) is 8.45. The lowest BCUT2D eigenvalue weighted by Crippen LogP contribution is -2.17. The fraction of sp³-hybridized carbons (Fsp3) is 0.385. The van der Waals surface area contributed by atoms with E-state index in [4.69, 9.17) is 0 Å². The van der Waals surface area contributed by atoms with Gasteiger partial charge >= 0.3 is 0 Å². The molecule has 3 heteroatoms. The SMILES string of the molecule is Cc1cccc(C(C)(C)C)c1-n1nccn1. The molecule has 0 aliphatic heterocycles. The van der Waals surface area contributed by atoms with Gasteiger partial charge in [-0.1, -0.05) is 39.0 Å². The lowest BCUT2D eigenvalue weighted by Gasteiger charge is -2.23. The summed E-state index contributed by atoms with van der Waals surface area (Å²) in [4.78, 5) is 1.70. The van der Waals surface area contributed by atoms with Gasteiger partial charge in [-0.15, -0.1) is 0 Å². The van der Waals surface area contributed by atoms with E-state index >= 15 is 0 Å². The molecule has 0 N–H and O–H groups in total. The van der Waals surface area contributed by atoms with Crippen LogP contribution in [0.5, 0.6) is 0 Å². The van der Waals surface area contributed by atoms with E-state index in [9.17, 15) is 0 Å². The molecule has 1 heterocycles. The van der Waals surface area contributed by atoms with Gasteiger partial charge in [0, 0.05) is 0 Å². The van der Waals surface area contributed by atoms with E-state index < -0.39 is 0 Å². The van der Waals surface area contributed by atoms with Crippen LogP contribution < -0.4 is 0 Å². The lowest BCUT2D eigenvalue weighted by molar-refractivity contribution is 0.576. The van der Waals surface area contributed by atoms with Crippen molar-refractivity contribution in [1.82, 2.24) is 15.0 Å². The molecule has 0 bridgehead atoms. The van der Waals surface area contributed by atoms with Crippen molar-refractivity contribution in [3.05, 3.63) is 41.7 Å². The van der Waals surface area contributed by atoms with Crippen LogP contribution in [0.2, 0.25) is 0 Å². The maximum atomic E-state index is 4.23. The predicted molar refractivity (Wildman–Crippen MR) is 64.8 cm³/mol. The smallest absolute Gasteiger partial charge is 0.0922 e. The summed E-state index contributed by atoms with van der Waals surface area (Å²) in [5.74, 6) is 0. The zero-order valence-corrected chi connectivity index (χ0v) is 10.2. The van der Waals surface area contributed by atoms with Crippen LogP contribution in [0.1, 0.15) is 31.9 Å². The molecule has 0 aliphatic rings. The summed E-state index contributed by atoms with van der Waals surface area (Å²) >= 11 is 0. The second-order valence-electron chi connectivity index (χ2n) is 5.04. The molecule has 0 spiro atoms. The number of aromatic nitrogens is 3. The Morgan fingerprint density at radius 2 is 1.69 bits per heavy atom. The average Bonchev–Trinajstić information content (AvgIpc) is 2.68. The molecule has 0 atom stereocenters. The van der Waals surface area contributed by atoms with Crippen LogP contribution in [0.25, 0.3) is 5.69 Å². The summed E-state index contributed by atoms with van der Waals surface area (Å²) in [6.45, 7) is 8.70. The van der Waals surface area contributed by atoms with Crippen LogP contribution in [0.3, 0.4) is 0 Å². The fourth-order valence-electron chi connectivity index (χ4n) is 1.86. The predicted octanol–water partition coefficient (Wildman–Crippen LogP) is 2.87. The Morgan fingerprint density at radius 1 is 1.06 bits per heavy atom. The van der Waals surface area contributed by atoms with Gasteiger partial charge in [0.2, 0.25) is 0 Å². The van der Waals surface area contributed by atoms with Crippen molar-refractivity contribution in [2.45, 2.75) is 33.1 Å². The van der Waals surface area contributed by atoms with Crippen molar-refractivity contribution in [3.8, 4) is 5.69 Å². The molecule has 0 aliphatic carbocycles. The van der Waals surface area contributed by atoms with E-state index in [0.29, 0.717) is 0 Å². The molecule has 1 aromatic heterocycles. The van der Waals surface area contributed by atoms with Gasteiger partial charge < -0.3 is 0 Å². The first kappa shape index (κ1) is 10.9. The molecule has 3 nitrogen and oxygen atoms in total. The zero-order valence-electron chi connectivity index (χ0n) is 10.2. The topological polar surface area (TPSA) is 30.7 Å². The van der Waals surface area contributed by atoms with E-state index in [2.05, 4.69) is 56.1 Å².